The van der Waals surface area contributed by atoms with Crippen molar-refractivity contribution >= 4 is 28.1 Å². The van der Waals surface area contributed by atoms with Crippen LogP contribution in [0.5, 0.6) is 0 Å². The number of hydrogen-bond donors (Lipinski definition) is 1. The van der Waals surface area contributed by atoms with Crippen molar-refractivity contribution < 1.29 is 4.79 Å². The number of rotatable bonds is 5. The third kappa shape index (κ3) is 4.71. The number of anilines is 2. The van der Waals surface area contributed by atoms with Gasteiger partial charge in [-0.2, -0.15) is 0 Å². The Kier molecular flexibility index (Phi) is 6.16. The molecule has 1 aliphatic heterocycles. The van der Waals surface area contributed by atoms with Crippen molar-refractivity contribution in [3.05, 3.63) is 64.5 Å². The predicted molar refractivity (Wildman–Crippen MR) is 125 cm³/mol. The molecule has 0 saturated carbocycles. The summed E-state index contributed by atoms with van der Waals surface area (Å²) in [5, 5.41) is 5.63. The Morgan fingerprint density at radius 1 is 1.00 bits per heavy atom. The van der Waals surface area contributed by atoms with Gasteiger partial charge in [-0.1, -0.05) is 30.3 Å². The third-order valence-corrected chi connectivity index (χ3v) is 6.51. The van der Waals surface area contributed by atoms with Crippen molar-refractivity contribution in [1.82, 2.24) is 9.88 Å². The van der Waals surface area contributed by atoms with E-state index in [1.54, 1.807) is 0 Å². The highest BCUT2D eigenvalue weighted by Gasteiger charge is 2.20. The van der Waals surface area contributed by atoms with Gasteiger partial charge in [0.25, 0.3) is 0 Å². The number of benzene rings is 2. The molecule has 1 amide bonds. The first-order valence-electron chi connectivity index (χ1n) is 10.4. The average Bonchev–Trinajstić information content (AvgIpc) is 3.19. The molecular weight excluding hydrogens is 392 g/mol. The van der Waals surface area contributed by atoms with E-state index >= 15 is 0 Å². The molecule has 3 aromatic rings. The Bertz CT molecular complexity index is 1040. The predicted octanol–water partition coefficient (Wildman–Crippen LogP) is 4.50. The van der Waals surface area contributed by atoms with Gasteiger partial charge in [0.2, 0.25) is 5.91 Å². The summed E-state index contributed by atoms with van der Waals surface area (Å²) in [7, 11) is 0. The topological polar surface area (TPSA) is 48.5 Å². The van der Waals surface area contributed by atoms with Crippen molar-refractivity contribution in [3.63, 3.8) is 0 Å². The van der Waals surface area contributed by atoms with Crippen LogP contribution in [-0.2, 0) is 4.79 Å². The fourth-order valence-corrected chi connectivity index (χ4v) is 4.53. The molecule has 1 aromatic heterocycles. The van der Waals surface area contributed by atoms with E-state index in [2.05, 4.69) is 83.3 Å². The fraction of sp³-hybridized carbons (Fsp3) is 0.333. The van der Waals surface area contributed by atoms with Crippen molar-refractivity contribution in [2.45, 2.75) is 20.8 Å². The first-order chi connectivity index (χ1) is 14.5. The molecule has 2 aromatic carbocycles. The zero-order chi connectivity index (χ0) is 21.1. The van der Waals surface area contributed by atoms with Gasteiger partial charge in [0.05, 0.1) is 12.2 Å². The lowest BCUT2D eigenvalue weighted by Gasteiger charge is -2.36. The molecule has 6 heteroatoms. The number of nitrogens with one attached hydrogen (secondary N) is 1. The van der Waals surface area contributed by atoms with Crippen LogP contribution in [0.4, 0.5) is 10.8 Å². The fourth-order valence-electron chi connectivity index (χ4n) is 3.79. The number of nitrogens with zero attached hydrogens (tertiary/aromatic N) is 3. The number of carbonyl (C=O) groups excluding carboxylic acids is 1. The van der Waals surface area contributed by atoms with Gasteiger partial charge >= 0.3 is 0 Å². The molecule has 4 rings (SSSR count). The molecule has 2 heterocycles. The molecule has 30 heavy (non-hydrogen) atoms. The second-order valence-electron chi connectivity index (χ2n) is 7.93. The van der Waals surface area contributed by atoms with Crippen molar-refractivity contribution in [2.75, 3.05) is 42.9 Å². The Morgan fingerprint density at radius 3 is 2.50 bits per heavy atom. The highest BCUT2D eigenvalue weighted by Crippen LogP contribution is 2.26. The number of aryl methyl sites for hydroxylation is 3. The van der Waals surface area contributed by atoms with E-state index in [-0.39, 0.29) is 5.91 Å². The van der Waals surface area contributed by atoms with Crippen molar-refractivity contribution in [3.8, 4) is 11.3 Å². The summed E-state index contributed by atoms with van der Waals surface area (Å²) in [5.74, 6) is 0.000304. The molecular formula is C24H28N4OS. The minimum Gasteiger partial charge on any atom is -0.369 e. The standard InChI is InChI=1S/C24H28N4OS/c1-17-8-9-20(14-19(17)3)21-16-30-24(25-21)26-23(29)15-27-10-12-28(13-11-27)22-7-5-4-6-18(22)2/h4-9,14,16H,10-13,15H2,1-3H3,(H,25,26,29). The maximum Gasteiger partial charge on any atom is 0.240 e. The van der Waals surface area contributed by atoms with Crippen LogP contribution in [0.25, 0.3) is 11.3 Å². The van der Waals surface area contributed by atoms with E-state index < -0.39 is 0 Å². The second-order valence-corrected chi connectivity index (χ2v) is 8.79. The van der Waals surface area contributed by atoms with Gasteiger partial charge in [-0.05, 0) is 49.6 Å². The summed E-state index contributed by atoms with van der Waals surface area (Å²) in [6.07, 6.45) is 0. The Labute approximate surface area is 182 Å². The summed E-state index contributed by atoms with van der Waals surface area (Å²) >= 11 is 1.47. The zero-order valence-electron chi connectivity index (χ0n) is 17.8. The summed E-state index contributed by atoms with van der Waals surface area (Å²) in [6, 6.07) is 14.8. The van der Waals surface area contributed by atoms with Crippen molar-refractivity contribution in [2.24, 2.45) is 0 Å². The van der Waals surface area contributed by atoms with Gasteiger partial charge in [-0.15, -0.1) is 11.3 Å². The number of hydrogen-bond acceptors (Lipinski definition) is 5. The van der Waals surface area contributed by atoms with Crippen LogP contribution in [0.2, 0.25) is 0 Å². The highest BCUT2D eigenvalue weighted by atomic mass is 32.1. The van der Waals surface area contributed by atoms with Crippen LogP contribution >= 0.6 is 11.3 Å². The molecule has 1 saturated heterocycles. The van der Waals surface area contributed by atoms with Crippen LogP contribution in [0.1, 0.15) is 16.7 Å². The number of para-hydroxylation sites is 1. The molecule has 1 fully saturated rings. The van der Waals surface area contributed by atoms with Gasteiger partial charge < -0.3 is 10.2 Å². The SMILES string of the molecule is Cc1ccc(-c2csc(NC(=O)CN3CCN(c4ccccc4C)CC3)n2)cc1C. The monoisotopic (exact) mass is 420 g/mol. The lowest BCUT2D eigenvalue weighted by molar-refractivity contribution is -0.117. The molecule has 0 radical (unpaired) electrons. The molecule has 5 nitrogen and oxygen atoms in total. The number of amides is 1. The first-order valence-corrected chi connectivity index (χ1v) is 11.2. The molecule has 0 aliphatic carbocycles. The van der Waals surface area contributed by atoms with E-state index in [1.165, 1.54) is 33.7 Å². The summed E-state index contributed by atoms with van der Waals surface area (Å²) in [6.45, 7) is 10.4. The number of aromatic nitrogens is 1. The van der Waals surface area contributed by atoms with Crippen LogP contribution in [0.3, 0.4) is 0 Å². The van der Waals surface area contributed by atoms with E-state index in [9.17, 15) is 4.79 Å². The molecule has 0 spiro atoms. The second kappa shape index (κ2) is 8.98. The average molecular weight is 421 g/mol. The number of thiazole rings is 1. The van der Waals surface area contributed by atoms with Crippen LogP contribution in [0, 0.1) is 20.8 Å². The van der Waals surface area contributed by atoms with E-state index in [4.69, 9.17) is 0 Å². The van der Waals surface area contributed by atoms with Crippen LogP contribution < -0.4 is 10.2 Å². The van der Waals surface area contributed by atoms with E-state index in [1.807, 2.05) is 5.38 Å². The van der Waals surface area contributed by atoms with Crippen LogP contribution in [-0.4, -0.2) is 48.5 Å². The molecule has 1 aliphatic rings. The van der Waals surface area contributed by atoms with Gasteiger partial charge in [-0.3, -0.25) is 9.69 Å². The van der Waals surface area contributed by atoms with Gasteiger partial charge in [0, 0.05) is 42.8 Å². The van der Waals surface area contributed by atoms with Gasteiger partial charge in [-0.25, -0.2) is 4.98 Å². The Morgan fingerprint density at radius 2 is 1.77 bits per heavy atom. The molecule has 0 bridgehead atoms. The smallest absolute Gasteiger partial charge is 0.240 e. The number of piperazine rings is 1. The lowest BCUT2D eigenvalue weighted by Crippen LogP contribution is -2.48. The summed E-state index contributed by atoms with van der Waals surface area (Å²) in [4.78, 5) is 21.8. The first kappa shape index (κ1) is 20.6. The molecule has 156 valence electrons. The zero-order valence-corrected chi connectivity index (χ0v) is 18.6. The normalized spacial score (nSPS) is 14.7. The maximum absolute atomic E-state index is 12.5. The number of carbonyl (C=O) groups is 1. The van der Waals surface area contributed by atoms with Crippen LogP contribution in [0.15, 0.2) is 47.8 Å². The molecule has 1 N–H and O–H groups in total. The van der Waals surface area contributed by atoms with Crippen molar-refractivity contribution in [1.29, 1.82) is 0 Å². The highest BCUT2D eigenvalue weighted by molar-refractivity contribution is 7.14. The largest absolute Gasteiger partial charge is 0.369 e. The quantitative estimate of drug-likeness (QED) is 0.660. The molecule has 0 atom stereocenters. The van der Waals surface area contributed by atoms with E-state index in [0.717, 1.165) is 37.4 Å². The Balaban J connectivity index is 1.30. The minimum absolute atomic E-state index is 0.000304. The molecule has 0 unspecified atom stereocenters. The Hall–Kier alpha value is -2.70. The summed E-state index contributed by atoms with van der Waals surface area (Å²) < 4.78 is 0. The summed E-state index contributed by atoms with van der Waals surface area (Å²) in [5.41, 5.74) is 7.10. The van der Waals surface area contributed by atoms with Gasteiger partial charge in [0.1, 0.15) is 0 Å². The maximum atomic E-state index is 12.5. The third-order valence-electron chi connectivity index (χ3n) is 5.75. The van der Waals surface area contributed by atoms with E-state index in [0.29, 0.717) is 11.7 Å². The lowest BCUT2D eigenvalue weighted by atomic mass is 10.1. The van der Waals surface area contributed by atoms with Gasteiger partial charge in [0.15, 0.2) is 5.13 Å². The minimum atomic E-state index is 0.000304.